The highest BCUT2D eigenvalue weighted by Gasteiger charge is 2.33. The summed E-state index contributed by atoms with van der Waals surface area (Å²) in [5.74, 6) is 0.967. The molecule has 5 rings (SSSR count). The first-order valence-electron chi connectivity index (χ1n) is 10.2. The molecule has 0 radical (unpaired) electrons. The summed E-state index contributed by atoms with van der Waals surface area (Å²) in [6, 6.07) is 0.757. The zero-order valence-corrected chi connectivity index (χ0v) is 16.7. The number of piperazine rings is 1. The van der Waals surface area contributed by atoms with Crippen molar-refractivity contribution < 1.29 is 4.79 Å². The second-order valence-corrected chi connectivity index (χ2v) is 9.09. The van der Waals surface area contributed by atoms with E-state index in [-0.39, 0.29) is 11.5 Å². The molecule has 144 valence electrons. The molecule has 1 amide bonds. The smallest absolute Gasteiger partial charge is 0.264 e. The Morgan fingerprint density at radius 2 is 1.85 bits per heavy atom. The standard InChI is InChI=1S/C20H26N4O2S/c1-13-16-18(21-15-5-3-2-4-8-24(15)19(16)25)27-17(13)20(26)23-11-9-22(10-12-23)14-6-7-14/h14H,2-12H2,1H3. The molecule has 6 nitrogen and oxygen atoms in total. The third-order valence-corrected chi connectivity index (χ3v) is 7.44. The summed E-state index contributed by atoms with van der Waals surface area (Å²) in [6.45, 7) is 6.17. The number of carbonyl (C=O) groups is 1. The quantitative estimate of drug-likeness (QED) is 0.795. The largest absolute Gasteiger partial charge is 0.335 e. The number of hydrogen-bond acceptors (Lipinski definition) is 5. The monoisotopic (exact) mass is 386 g/mol. The van der Waals surface area contributed by atoms with Crippen LogP contribution in [0.4, 0.5) is 0 Å². The van der Waals surface area contributed by atoms with Crippen molar-refractivity contribution in [3.05, 3.63) is 26.6 Å². The van der Waals surface area contributed by atoms with Crippen molar-refractivity contribution in [3.63, 3.8) is 0 Å². The lowest BCUT2D eigenvalue weighted by Crippen LogP contribution is -2.49. The SMILES string of the molecule is Cc1c(C(=O)N2CCN(C3CC3)CC2)sc2nc3n(c(=O)c12)CCCCC3. The van der Waals surface area contributed by atoms with Gasteiger partial charge in [-0.3, -0.25) is 19.1 Å². The first-order valence-corrected chi connectivity index (χ1v) is 11.0. The van der Waals surface area contributed by atoms with Crippen LogP contribution in [0.2, 0.25) is 0 Å². The summed E-state index contributed by atoms with van der Waals surface area (Å²) in [4.78, 5) is 36.9. The van der Waals surface area contributed by atoms with E-state index in [0.717, 1.165) is 80.7 Å². The van der Waals surface area contributed by atoms with Gasteiger partial charge in [0.25, 0.3) is 11.5 Å². The number of aromatic nitrogens is 2. The van der Waals surface area contributed by atoms with E-state index in [9.17, 15) is 9.59 Å². The molecule has 7 heteroatoms. The maximum atomic E-state index is 13.2. The van der Waals surface area contributed by atoms with Crippen LogP contribution in [-0.2, 0) is 13.0 Å². The summed E-state index contributed by atoms with van der Waals surface area (Å²) in [6.07, 6.45) is 6.73. The molecule has 2 aliphatic heterocycles. The number of fused-ring (bicyclic) bond motifs is 2. The fourth-order valence-electron chi connectivity index (χ4n) is 4.49. The van der Waals surface area contributed by atoms with E-state index in [1.807, 2.05) is 16.4 Å². The Hall–Kier alpha value is -1.73. The van der Waals surface area contributed by atoms with Crippen LogP contribution in [0.3, 0.4) is 0 Å². The van der Waals surface area contributed by atoms with Crippen LogP contribution < -0.4 is 5.56 Å². The fourth-order valence-corrected chi connectivity index (χ4v) is 5.65. The Balaban J connectivity index is 1.47. The van der Waals surface area contributed by atoms with E-state index in [1.165, 1.54) is 24.2 Å². The molecule has 0 atom stereocenters. The van der Waals surface area contributed by atoms with Gasteiger partial charge in [-0.1, -0.05) is 6.42 Å². The van der Waals surface area contributed by atoms with Crippen molar-refractivity contribution in [1.29, 1.82) is 0 Å². The number of amides is 1. The zero-order valence-electron chi connectivity index (χ0n) is 15.9. The van der Waals surface area contributed by atoms with Crippen LogP contribution >= 0.6 is 11.3 Å². The zero-order chi connectivity index (χ0) is 18.5. The Labute approximate surface area is 162 Å². The molecule has 0 spiro atoms. The molecule has 1 aliphatic carbocycles. The van der Waals surface area contributed by atoms with Gasteiger partial charge < -0.3 is 4.90 Å². The molecule has 0 bridgehead atoms. The number of nitrogens with zero attached hydrogens (tertiary/aromatic N) is 4. The molecule has 3 aliphatic rings. The Kier molecular flexibility index (Phi) is 4.31. The van der Waals surface area contributed by atoms with Crippen molar-refractivity contribution in [2.24, 2.45) is 0 Å². The minimum absolute atomic E-state index is 0.0447. The van der Waals surface area contributed by atoms with Gasteiger partial charge in [0.2, 0.25) is 0 Å². The maximum Gasteiger partial charge on any atom is 0.264 e. The third kappa shape index (κ3) is 3.01. The van der Waals surface area contributed by atoms with Gasteiger partial charge in [-0.15, -0.1) is 11.3 Å². The topological polar surface area (TPSA) is 58.4 Å². The van der Waals surface area contributed by atoms with E-state index >= 15 is 0 Å². The van der Waals surface area contributed by atoms with Crippen LogP contribution in [0.1, 0.15) is 53.2 Å². The van der Waals surface area contributed by atoms with Gasteiger partial charge >= 0.3 is 0 Å². The first-order chi connectivity index (χ1) is 13.1. The summed E-state index contributed by atoms with van der Waals surface area (Å²) in [7, 11) is 0. The second kappa shape index (κ2) is 6.71. The lowest BCUT2D eigenvalue weighted by atomic mass is 10.2. The van der Waals surface area contributed by atoms with Crippen molar-refractivity contribution in [1.82, 2.24) is 19.4 Å². The Bertz CT molecular complexity index is 951. The number of hydrogen-bond donors (Lipinski definition) is 0. The summed E-state index contributed by atoms with van der Waals surface area (Å²) < 4.78 is 1.84. The minimum Gasteiger partial charge on any atom is -0.335 e. The van der Waals surface area contributed by atoms with Crippen LogP contribution in [0.15, 0.2) is 4.79 Å². The van der Waals surface area contributed by atoms with E-state index in [0.29, 0.717) is 10.3 Å². The number of aryl methyl sites for hydroxylation is 2. The van der Waals surface area contributed by atoms with Gasteiger partial charge in [0.15, 0.2) is 0 Å². The number of rotatable bonds is 2. The van der Waals surface area contributed by atoms with E-state index in [2.05, 4.69) is 4.90 Å². The minimum atomic E-state index is 0.0447. The van der Waals surface area contributed by atoms with Gasteiger partial charge in [0.1, 0.15) is 10.7 Å². The maximum absolute atomic E-state index is 13.2. The normalized spacial score (nSPS) is 21.3. The second-order valence-electron chi connectivity index (χ2n) is 8.09. The molecule has 4 heterocycles. The van der Waals surface area contributed by atoms with Crippen LogP contribution in [0, 0.1) is 6.92 Å². The molecule has 1 saturated heterocycles. The number of carbonyl (C=O) groups excluding carboxylic acids is 1. The molecule has 1 saturated carbocycles. The van der Waals surface area contributed by atoms with Crippen molar-refractivity contribution in [3.8, 4) is 0 Å². The molecular formula is C20H26N4O2S. The molecular weight excluding hydrogens is 360 g/mol. The highest BCUT2D eigenvalue weighted by molar-refractivity contribution is 7.20. The van der Waals surface area contributed by atoms with Gasteiger partial charge in [-0.2, -0.15) is 0 Å². The van der Waals surface area contributed by atoms with Crippen molar-refractivity contribution >= 4 is 27.5 Å². The van der Waals surface area contributed by atoms with Crippen molar-refractivity contribution in [2.45, 2.75) is 58.0 Å². The predicted molar refractivity (Wildman–Crippen MR) is 107 cm³/mol. The lowest BCUT2D eigenvalue weighted by Gasteiger charge is -2.34. The predicted octanol–water partition coefficient (Wildman–Crippen LogP) is 2.41. The van der Waals surface area contributed by atoms with Crippen molar-refractivity contribution in [2.75, 3.05) is 26.2 Å². The Morgan fingerprint density at radius 1 is 1.07 bits per heavy atom. The molecule has 2 aromatic heterocycles. The number of thiophene rings is 1. The van der Waals surface area contributed by atoms with Gasteiger partial charge in [-0.25, -0.2) is 4.98 Å². The molecule has 0 N–H and O–H groups in total. The summed E-state index contributed by atoms with van der Waals surface area (Å²) >= 11 is 1.41. The summed E-state index contributed by atoms with van der Waals surface area (Å²) in [5, 5.41) is 0.658. The average molecular weight is 387 g/mol. The van der Waals surface area contributed by atoms with Gasteiger partial charge in [0.05, 0.1) is 10.3 Å². The van der Waals surface area contributed by atoms with E-state index < -0.39 is 0 Å². The van der Waals surface area contributed by atoms with Gasteiger partial charge in [-0.05, 0) is 38.2 Å². The van der Waals surface area contributed by atoms with Gasteiger partial charge in [0, 0.05) is 45.2 Å². The third-order valence-electron chi connectivity index (χ3n) is 6.27. The van der Waals surface area contributed by atoms with E-state index in [1.54, 1.807) is 0 Å². The fraction of sp³-hybridized carbons (Fsp3) is 0.650. The van der Waals surface area contributed by atoms with Crippen LogP contribution in [0.25, 0.3) is 10.2 Å². The highest BCUT2D eigenvalue weighted by atomic mass is 32.1. The molecule has 2 fully saturated rings. The Morgan fingerprint density at radius 3 is 2.59 bits per heavy atom. The molecule has 0 aromatic carbocycles. The average Bonchev–Trinajstić information content (AvgIpc) is 3.49. The highest BCUT2D eigenvalue weighted by Crippen LogP contribution is 2.31. The summed E-state index contributed by atoms with van der Waals surface area (Å²) in [5.41, 5.74) is 0.866. The molecule has 2 aromatic rings. The van der Waals surface area contributed by atoms with Crippen LogP contribution in [0.5, 0.6) is 0 Å². The first kappa shape index (κ1) is 17.4. The van der Waals surface area contributed by atoms with Crippen LogP contribution in [-0.4, -0.2) is 57.5 Å². The molecule has 27 heavy (non-hydrogen) atoms. The van der Waals surface area contributed by atoms with E-state index in [4.69, 9.17) is 4.98 Å². The molecule has 0 unspecified atom stereocenters. The lowest BCUT2D eigenvalue weighted by molar-refractivity contribution is 0.0631.